The highest BCUT2D eigenvalue weighted by Crippen LogP contribution is 2.18. The van der Waals surface area contributed by atoms with Crippen molar-refractivity contribution in [3.05, 3.63) is 0 Å². The van der Waals surface area contributed by atoms with E-state index >= 15 is 0 Å². The molecular weight excluding hydrogens is 372 g/mol. The van der Waals surface area contributed by atoms with Crippen LogP contribution in [0.3, 0.4) is 0 Å². The second-order valence-corrected chi connectivity index (χ2v) is 11.2. The number of rotatable bonds is 8. The predicted molar refractivity (Wildman–Crippen MR) is 92.5 cm³/mol. The zero-order valence-corrected chi connectivity index (χ0v) is 17.3. The van der Waals surface area contributed by atoms with Crippen LogP contribution >= 0.6 is 0 Å². The molecule has 8 nitrogen and oxygen atoms in total. The number of carbonyl (C=O) groups is 2. The van der Waals surface area contributed by atoms with Gasteiger partial charge < -0.3 is 8.37 Å². The molecule has 10 heteroatoms. The first-order chi connectivity index (χ1) is 11.0. The van der Waals surface area contributed by atoms with E-state index in [0.29, 0.717) is 0 Å². The number of unbranched alkanes of at least 4 members (excludes halogenated alkanes) is 2. The first-order valence-electron chi connectivity index (χ1n) is 7.89. The van der Waals surface area contributed by atoms with Gasteiger partial charge in [0.2, 0.25) is 0 Å². The molecule has 0 N–H and O–H groups in total. The molecule has 0 fully saturated rings. The second kappa shape index (κ2) is 8.48. The summed E-state index contributed by atoms with van der Waals surface area (Å²) in [6, 6.07) is 0. The quantitative estimate of drug-likeness (QED) is 0.448. The summed E-state index contributed by atoms with van der Waals surface area (Å²) in [5.41, 5.74) is -1.86. The highest BCUT2D eigenvalue weighted by molar-refractivity contribution is 7.87. The summed E-state index contributed by atoms with van der Waals surface area (Å²) in [5.74, 6) is -2.47. The van der Waals surface area contributed by atoms with Gasteiger partial charge in [0.25, 0.3) is 0 Å². The van der Waals surface area contributed by atoms with E-state index in [4.69, 9.17) is 0 Å². The second-order valence-electron chi connectivity index (χ2n) is 7.83. The summed E-state index contributed by atoms with van der Waals surface area (Å²) in [6.07, 6.45) is 0.517. The lowest BCUT2D eigenvalue weighted by Crippen LogP contribution is -2.27. The Morgan fingerprint density at radius 1 is 0.640 bits per heavy atom. The van der Waals surface area contributed by atoms with E-state index in [2.05, 4.69) is 8.37 Å². The fourth-order valence-electron chi connectivity index (χ4n) is 1.30. The first-order valence-corrected chi connectivity index (χ1v) is 11.0. The van der Waals surface area contributed by atoms with Gasteiger partial charge in [-0.15, -0.1) is 0 Å². The van der Waals surface area contributed by atoms with Gasteiger partial charge >= 0.3 is 32.2 Å². The Labute approximate surface area is 150 Å². The third-order valence-electron chi connectivity index (χ3n) is 2.92. The van der Waals surface area contributed by atoms with E-state index in [1.165, 1.54) is 41.5 Å². The van der Waals surface area contributed by atoms with Gasteiger partial charge in [0.1, 0.15) is 0 Å². The molecule has 0 spiro atoms. The van der Waals surface area contributed by atoms with Crippen molar-refractivity contribution in [1.29, 1.82) is 0 Å². The maximum absolute atomic E-state index is 11.7. The molecule has 0 saturated heterocycles. The fraction of sp³-hybridized carbons (Fsp3) is 0.867. The van der Waals surface area contributed by atoms with Crippen LogP contribution in [0.4, 0.5) is 0 Å². The molecule has 0 bridgehead atoms. The van der Waals surface area contributed by atoms with Gasteiger partial charge in [0.15, 0.2) is 0 Å². The maximum atomic E-state index is 11.7. The zero-order chi connectivity index (χ0) is 20.1. The Morgan fingerprint density at radius 3 is 1.16 bits per heavy atom. The van der Waals surface area contributed by atoms with Crippen molar-refractivity contribution in [1.82, 2.24) is 0 Å². The van der Waals surface area contributed by atoms with E-state index in [-0.39, 0.29) is 19.3 Å². The van der Waals surface area contributed by atoms with Crippen molar-refractivity contribution in [2.24, 2.45) is 10.8 Å². The lowest BCUT2D eigenvalue weighted by Gasteiger charge is -2.16. The van der Waals surface area contributed by atoms with Gasteiger partial charge in [-0.3, -0.25) is 9.59 Å². The van der Waals surface area contributed by atoms with Crippen LogP contribution in [0.25, 0.3) is 0 Å². The number of carbonyl (C=O) groups excluding carboxylic acids is 2. The molecule has 0 saturated carbocycles. The molecule has 0 aromatic rings. The molecule has 25 heavy (non-hydrogen) atoms. The summed E-state index contributed by atoms with van der Waals surface area (Å²) in [4.78, 5) is 23.1. The summed E-state index contributed by atoms with van der Waals surface area (Å²) < 4.78 is 55.7. The molecule has 0 unspecified atom stereocenters. The van der Waals surface area contributed by atoms with Crippen molar-refractivity contribution in [3.63, 3.8) is 0 Å². The van der Waals surface area contributed by atoms with Gasteiger partial charge in [-0.05, 0) is 54.4 Å². The van der Waals surface area contributed by atoms with E-state index in [9.17, 15) is 26.4 Å². The Kier molecular flexibility index (Phi) is 8.09. The molecule has 0 aliphatic carbocycles. The largest absolute Gasteiger partial charge is 0.345 e. The molecule has 0 aliphatic rings. The van der Waals surface area contributed by atoms with Gasteiger partial charge in [0, 0.05) is 0 Å². The molecule has 0 aliphatic heterocycles. The Morgan fingerprint density at radius 2 is 0.920 bits per heavy atom. The third kappa shape index (κ3) is 10.4. The van der Waals surface area contributed by atoms with Crippen LogP contribution in [-0.4, -0.2) is 40.3 Å². The molecule has 148 valence electrons. The standard InChI is InChI=1S/C15H28O8S2/c1-14(2,3)12(16)22-24(18,19)10-8-7-9-11-25(20,21)23-13(17)15(4,5)6/h7-11H2,1-6H3. The minimum absolute atomic E-state index is 0.127. The van der Waals surface area contributed by atoms with E-state index in [1.807, 2.05) is 0 Å². The maximum Gasteiger partial charge on any atom is 0.327 e. The number of hydrogen-bond donors (Lipinski definition) is 0. The first kappa shape index (κ1) is 23.8. The topological polar surface area (TPSA) is 121 Å². The van der Waals surface area contributed by atoms with Crippen LogP contribution in [-0.2, 0) is 38.2 Å². The number of hydrogen-bond acceptors (Lipinski definition) is 8. The smallest absolute Gasteiger partial charge is 0.327 e. The predicted octanol–water partition coefficient (Wildman–Crippen LogP) is 1.99. The molecular formula is C15H28O8S2. The molecule has 0 rings (SSSR count). The van der Waals surface area contributed by atoms with Crippen molar-refractivity contribution >= 4 is 32.2 Å². The summed E-state index contributed by atoms with van der Waals surface area (Å²) in [6.45, 7) is 9.22. The average molecular weight is 401 g/mol. The fourth-order valence-corrected chi connectivity index (χ4v) is 3.54. The van der Waals surface area contributed by atoms with Gasteiger partial charge in [-0.25, -0.2) is 0 Å². The Bertz CT molecular complexity index is 616. The summed E-state index contributed by atoms with van der Waals surface area (Å²) in [7, 11) is -8.01. The van der Waals surface area contributed by atoms with E-state index in [1.54, 1.807) is 0 Å². The molecule has 0 radical (unpaired) electrons. The average Bonchev–Trinajstić information content (AvgIpc) is 2.34. The van der Waals surface area contributed by atoms with Crippen molar-refractivity contribution in [2.75, 3.05) is 11.5 Å². The minimum Gasteiger partial charge on any atom is -0.345 e. The monoisotopic (exact) mass is 400 g/mol. The van der Waals surface area contributed by atoms with Crippen LogP contribution in [0.1, 0.15) is 60.8 Å². The zero-order valence-electron chi connectivity index (χ0n) is 15.6. The van der Waals surface area contributed by atoms with Gasteiger partial charge in [-0.2, -0.15) is 16.8 Å². The normalized spacial score (nSPS) is 13.4. The SMILES string of the molecule is CC(C)(C)C(=O)OS(=O)(=O)CCCCCS(=O)(=O)OC(=O)C(C)(C)C. The summed E-state index contributed by atoms with van der Waals surface area (Å²) in [5, 5.41) is 0. The molecule has 0 aromatic carbocycles. The Balaban J connectivity index is 4.30. The van der Waals surface area contributed by atoms with Crippen LogP contribution in [0.2, 0.25) is 0 Å². The van der Waals surface area contributed by atoms with Gasteiger partial charge in [-0.1, -0.05) is 6.42 Å². The molecule has 0 amide bonds. The van der Waals surface area contributed by atoms with Crippen molar-refractivity contribution in [3.8, 4) is 0 Å². The van der Waals surface area contributed by atoms with Crippen LogP contribution in [0.5, 0.6) is 0 Å². The minimum atomic E-state index is -4.00. The lowest BCUT2D eigenvalue weighted by atomic mass is 9.98. The Hall–Kier alpha value is -1.16. The van der Waals surface area contributed by atoms with E-state index < -0.39 is 54.5 Å². The van der Waals surface area contributed by atoms with Crippen molar-refractivity contribution < 1.29 is 34.8 Å². The van der Waals surface area contributed by atoms with Crippen LogP contribution in [0.15, 0.2) is 0 Å². The van der Waals surface area contributed by atoms with Crippen molar-refractivity contribution in [2.45, 2.75) is 60.8 Å². The molecule has 0 heterocycles. The van der Waals surface area contributed by atoms with Gasteiger partial charge in [0.05, 0.1) is 22.3 Å². The highest BCUT2D eigenvalue weighted by Gasteiger charge is 2.29. The lowest BCUT2D eigenvalue weighted by molar-refractivity contribution is -0.143. The van der Waals surface area contributed by atoms with Crippen LogP contribution in [0, 0.1) is 10.8 Å². The van der Waals surface area contributed by atoms with Crippen LogP contribution < -0.4 is 0 Å². The summed E-state index contributed by atoms with van der Waals surface area (Å²) >= 11 is 0. The highest BCUT2D eigenvalue weighted by atomic mass is 32.2. The molecule has 0 aromatic heterocycles. The van der Waals surface area contributed by atoms with E-state index in [0.717, 1.165) is 0 Å². The third-order valence-corrected chi connectivity index (χ3v) is 5.31. The molecule has 0 atom stereocenters.